The first-order valence-corrected chi connectivity index (χ1v) is 8.08. The van der Waals surface area contributed by atoms with E-state index in [0.717, 1.165) is 44.9 Å². The van der Waals surface area contributed by atoms with Crippen LogP contribution in [0.15, 0.2) is 22.8 Å². The fourth-order valence-electron chi connectivity index (χ4n) is 5.30. The van der Waals surface area contributed by atoms with Crippen LogP contribution in [-0.2, 0) is 9.59 Å². The van der Waals surface area contributed by atoms with E-state index in [9.17, 15) is 9.59 Å². The monoisotopic (exact) mass is 270 g/mol. The highest BCUT2D eigenvalue weighted by Gasteiger charge is 2.53. The summed E-state index contributed by atoms with van der Waals surface area (Å²) in [5, 5.41) is 0. The lowest BCUT2D eigenvalue weighted by molar-refractivity contribution is -0.128. The molecule has 2 heteroatoms. The van der Waals surface area contributed by atoms with Crippen LogP contribution >= 0.6 is 0 Å². The van der Waals surface area contributed by atoms with Crippen molar-refractivity contribution in [1.29, 1.82) is 0 Å². The van der Waals surface area contributed by atoms with E-state index in [0.29, 0.717) is 29.8 Å². The zero-order chi connectivity index (χ0) is 13.9. The van der Waals surface area contributed by atoms with Crippen molar-refractivity contribution in [2.24, 2.45) is 17.3 Å². The van der Waals surface area contributed by atoms with E-state index in [1.165, 1.54) is 11.1 Å². The van der Waals surface area contributed by atoms with Crippen molar-refractivity contribution in [1.82, 2.24) is 0 Å². The van der Waals surface area contributed by atoms with E-state index in [-0.39, 0.29) is 5.41 Å². The Hall–Kier alpha value is -1.18. The van der Waals surface area contributed by atoms with Crippen molar-refractivity contribution >= 4 is 11.6 Å². The maximum atomic E-state index is 12.3. The van der Waals surface area contributed by atoms with Crippen LogP contribution in [0.25, 0.3) is 0 Å². The molecule has 0 aromatic rings. The van der Waals surface area contributed by atoms with Gasteiger partial charge in [-0.15, -0.1) is 0 Å². The van der Waals surface area contributed by atoms with Crippen molar-refractivity contribution in [3.8, 4) is 0 Å². The van der Waals surface area contributed by atoms with Crippen LogP contribution in [-0.4, -0.2) is 11.6 Å². The first-order chi connectivity index (χ1) is 9.59. The molecule has 2 saturated carbocycles. The van der Waals surface area contributed by atoms with Crippen molar-refractivity contribution < 1.29 is 9.59 Å². The lowest BCUT2D eigenvalue weighted by Gasteiger charge is -2.46. The molecule has 4 aliphatic carbocycles. The van der Waals surface area contributed by atoms with Gasteiger partial charge in [0.1, 0.15) is 5.78 Å². The number of hydrogen-bond donors (Lipinski definition) is 0. The summed E-state index contributed by atoms with van der Waals surface area (Å²) < 4.78 is 0. The summed E-state index contributed by atoms with van der Waals surface area (Å²) >= 11 is 0. The van der Waals surface area contributed by atoms with Crippen molar-refractivity contribution in [3.63, 3.8) is 0 Å². The van der Waals surface area contributed by atoms with Gasteiger partial charge in [0.2, 0.25) is 0 Å². The largest absolute Gasteiger partial charge is 0.299 e. The van der Waals surface area contributed by atoms with Gasteiger partial charge < -0.3 is 0 Å². The molecule has 0 aromatic carbocycles. The van der Waals surface area contributed by atoms with E-state index in [1.807, 2.05) is 6.08 Å². The number of ketones is 2. The normalized spacial score (nSPS) is 40.1. The van der Waals surface area contributed by atoms with Crippen LogP contribution in [0.4, 0.5) is 0 Å². The van der Waals surface area contributed by atoms with Crippen LogP contribution in [0, 0.1) is 17.3 Å². The zero-order valence-electron chi connectivity index (χ0n) is 12.2. The molecule has 106 valence electrons. The van der Waals surface area contributed by atoms with E-state index in [2.05, 4.69) is 6.92 Å². The minimum absolute atomic E-state index is 0.0412. The molecule has 2 fully saturated rings. The summed E-state index contributed by atoms with van der Waals surface area (Å²) in [6, 6.07) is 0. The number of fused-ring (bicyclic) bond motifs is 4. The lowest BCUT2D eigenvalue weighted by Crippen LogP contribution is -2.40. The van der Waals surface area contributed by atoms with Crippen molar-refractivity contribution in [2.75, 3.05) is 0 Å². The highest BCUT2D eigenvalue weighted by molar-refractivity contribution is 5.93. The Morgan fingerprint density at radius 1 is 1.05 bits per heavy atom. The number of allylic oxidation sites excluding steroid dienone is 4. The van der Waals surface area contributed by atoms with Crippen LogP contribution in [0.5, 0.6) is 0 Å². The van der Waals surface area contributed by atoms with Crippen LogP contribution in [0.3, 0.4) is 0 Å². The molecule has 0 spiro atoms. The van der Waals surface area contributed by atoms with Crippen LogP contribution < -0.4 is 0 Å². The van der Waals surface area contributed by atoms with Crippen LogP contribution in [0.2, 0.25) is 0 Å². The SMILES string of the molecule is C[C@]12CCC3=C4CCC(=O)C=C4CC[C@H]3[C@H]1CCC2=O. The van der Waals surface area contributed by atoms with Gasteiger partial charge in [0.05, 0.1) is 0 Å². The molecule has 0 bridgehead atoms. The van der Waals surface area contributed by atoms with Gasteiger partial charge in [0, 0.05) is 18.3 Å². The molecule has 3 atom stereocenters. The predicted octanol–water partition coefficient (Wildman–Crippen LogP) is 3.76. The topological polar surface area (TPSA) is 34.1 Å². The minimum Gasteiger partial charge on any atom is -0.299 e. The van der Waals surface area contributed by atoms with Gasteiger partial charge in [-0.3, -0.25) is 9.59 Å². The van der Waals surface area contributed by atoms with Gasteiger partial charge in [-0.1, -0.05) is 12.5 Å². The Morgan fingerprint density at radius 3 is 2.75 bits per heavy atom. The minimum atomic E-state index is -0.0412. The van der Waals surface area contributed by atoms with E-state index in [1.54, 1.807) is 5.57 Å². The number of carbonyl (C=O) groups is 2. The van der Waals surface area contributed by atoms with Gasteiger partial charge in [-0.05, 0) is 67.6 Å². The van der Waals surface area contributed by atoms with E-state index >= 15 is 0 Å². The molecule has 0 aliphatic heterocycles. The third kappa shape index (κ3) is 1.57. The van der Waals surface area contributed by atoms with Crippen molar-refractivity contribution in [2.45, 2.75) is 58.3 Å². The highest BCUT2D eigenvalue weighted by atomic mass is 16.1. The summed E-state index contributed by atoms with van der Waals surface area (Å²) in [6.45, 7) is 2.21. The summed E-state index contributed by atoms with van der Waals surface area (Å²) in [4.78, 5) is 23.9. The fourth-order valence-corrected chi connectivity index (χ4v) is 5.30. The number of Topliss-reactive ketones (excluding diaryl/α,β-unsaturated/α-hetero) is 1. The molecule has 4 aliphatic rings. The summed E-state index contributed by atoms with van der Waals surface area (Å²) in [7, 11) is 0. The molecule has 4 rings (SSSR count). The average molecular weight is 270 g/mol. The molecule has 2 nitrogen and oxygen atoms in total. The van der Waals surface area contributed by atoms with Gasteiger partial charge in [0.15, 0.2) is 5.78 Å². The molecule has 0 N–H and O–H groups in total. The number of hydrogen-bond acceptors (Lipinski definition) is 2. The quantitative estimate of drug-likeness (QED) is 0.671. The molecule has 0 heterocycles. The third-order valence-electron chi connectivity index (χ3n) is 6.44. The molecule has 0 amide bonds. The highest BCUT2D eigenvalue weighted by Crippen LogP contribution is 2.58. The molecule has 20 heavy (non-hydrogen) atoms. The lowest BCUT2D eigenvalue weighted by atomic mass is 9.57. The smallest absolute Gasteiger partial charge is 0.156 e. The second-order valence-electron chi connectivity index (χ2n) is 7.27. The second-order valence-corrected chi connectivity index (χ2v) is 7.27. The maximum Gasteiger partial charge on any atom is 0.156 e. The molecule has 0 aromatic heterocycles. The van der Waals surface area contributed by atoms with Gasteiger partial charge in [-0.2, -0.15) is 0 Å². The Labute approximate surface area is 120 Å². The van der Waals surface area contributed by atoms with Gasteiger partial charge in [-0.25, -0.2) is 0 Å². The number of carbonyl (C=O) groups excluding carboxylic acids is 2. The first kappa shape index (κ1) is 12.6. The average Bonchev–Trinajstić information content (AvgIpc) is 2.74. The third-order valence-corrected chi connectivity index (χ3v) is 6.44. The van der Waals surface area contributed by atoms with Crippen LogP contribution in [0.1, 0.15) is 58.3 Å². The maximum absolute atomic E-state index is 12.3. The Kier molecular flexibility index (Phi) is 2.61. The standard InChI is InChI=1S/C18H22O2/c1-18-9-8-14-13-5-3-12(19)10-11(13)2-4-15(14)16(18)6-7-17(18)20/h10,15-16H,2-9H2,1H3/t15-,16-,18+/m1/s1. The summed E-state index contributed by atoms with van der Waals surface area (Å²) in [6.07, 6.45) is 9.76. The molecule has 0 radical (unpaired) electrons. The van der Waals surface area contributed by atoms with E-state index < -0.39 is 0 Å². The van der Waals surface area contributed by atoms with Gasteiger partial charge in [0.25, 0.3) is 0 Å². The Bertz CT molecular complexity index is 566. The Balaban J connectivity index is 1.76. The molecular formula is C18H22O2. The first-order valence-electron chi connectivity index (χ1n) is 8.08. The Morgan fingerprint density at radius 2 is 1.90 bits per heavy atom. The molecule has 0 unspecified atom stereocenters. The summed E-state index contributed by atoms with van der Waals surface area (Å²) in [5.74, 6) is 2.01. The van der Waals surface area contributed by atoms with E-state index in [4.69, 9.17) is 0 Å². The van der Waals surface area contributed by atoms with Crippen molar-refractivity contribution in [3.05, 3.63) is 22.8 Å². The predicted molar refractivity (Wildman–Crippen MR) is 77.1 cm³/mol. The zero-order valence-corrected chi connectivity index (χ0v) is 12.2. The fraction of sp³-hybridized carbons (Fsp3) is 0.667. The number of rotatable bonds is 0. The molecule has 0 saturated heterocycles. The van der Waals surface area contributed by atoms with Gasteiger partial charge >= 0.3 is 0 Å². The molecular weight excluding hydrogens is 248 g/mol. The second kappa shape index (κ2) is 4.16. The summed E-state index contributed by atoms with van der Waals surface area (Å²) in [5.41, 5.74) is 4.40.